The lowest BCUT2D eigenvalue weighted by atomic mass is 9.77. The average Bonchev–Trinajstić information content (AvgIpc) is 4.07. The molecule has 20 heteroatoms. The summed E-state index contributed by atoms with van der Waals surface area (Å²) in [4.78, 5) is 75.4. The first-order valence-electron chi connectivity index (χ1n) is 20.7. The SMILES string of the molecule is C=C[C@@H]1C[C@]1(CC(=O)[C@@H]1C[C@@H](Oc2nc(-c3ccc(C(F)(F)F)cc3)nc3c2oc2cccnc23)CN1C(=O)[C@@H](Cc1nc(C(=O)OCC)cs1)C(C)(C)C)C(=O)NS(=O)(=O)C1CC1. The summed E-state index contributed by atoms with van der Waals surface area (Å²) < 4.78 is 86.2. The van der Waals surface area contributed by atoms with E-state index in [9.17, 15) is 36.0 Å². The molecule has 64 heavy (non-hydrogen) atoms. The van der Waals surface area contributed by atoms with E-state index in [4.69, 9.17) is 13.9 Å². The first-order chi connectivity index (χ1) is 30.2. The number of hydrogen-bond donors (Lipinski definition) is 1. The van der Waals surface area contributed by atoms with Gasteiger partial charge >= 0.3 is 12.1 Å². The lowest BCUT2D eigenvalue weighted by Crippen LogP contribution is -2.48. The number of esters is 1. The van der Waals surface area contributed by atoms with Gasteiger partial charge in [0.25, 0.3) is 5.88 Å². The van der Waals surface area contributed by atoms with Gasteiger partial charge in [0.2, 0.25) is 27.4 Å². The van der Waals surface area contributed by atoms with Crippen LogP contribution in [0.2, 0.25) is 0 Å². The third kappa shape index (κ3) is 8.85. The number of likely N-dealkylation sites (tertiary alicyclic amines) is 1. The van der Waals surface area contributed by atoms with Gasteiger partial charge in [0.05, 0.1) is 40.4 Å². The van der Waals surface area contributed by atoms with Crippen LogP contribution in [0.3, 0.4) is 0 Å². The number of nitrogens with one attached hydrogen (secondary N) is 1. The van der Waals surface area contributed by atoms with Crippen LogP contribution in [-0.2, 0) is 41.7 Å². The van der Waals surface area contributed by atoms with Gasteiger partial charge in [-0.1, -0.05) is 39.0 Å². The van der Waals surface area contributed by atoms with Crippen molar-refractivity contribution in [2.24, 2.45) is 22.7 Å². The molecule has 0 spiro atoms. The van der Waals surface area contributed by atoms with Gasteiger partial charge in [-0.25, -0.2) is 23.2 Å². The summed E-state index contributed by atoms with van der Waals surface area (Å²) in [5.74, 6) is -3.72. The van der Waals surface area contributed by atoms with Gasteiger partial charge in [-0.15, -0.1) is 17.9 Å². The predicted molar refractivity (Wildman–Crippen MR) is 227 cm³/mol. The van der Waals surface area contributed by atoms with Crippen molar-refractivity contribution >= 4 is 67.1 Å². The summed E-state index contributed by atoms with van der Waals surface area (Å²) in [6, 6.07) is 6.42. The van der Waals surface area contributed by atoms with E-state index in [1.54, 1.807) is 24.4 Å². The fourth-order valence-corrected chi connectivity index (χ4v) is 10.4. The van der Waals surface area contributed by atoms with Crippen molar-refractivity contribution in [3.63, 3.8) is 0 Å². The van der Waals surface area contributed by atoms with Crippen molar-refractivity contribution in [2.45, 2.75) is 89.8 Å². The summed E-state index contributed by atoms with van der Waals surface area (Å²) in [6.07, 6.45) is -1.80. The number of Topliss-reactive ketones (excluding diaryl/α,β-unsaturated/α-hetero) is 1. The van der Waals surface area contributed by atoms with E-state index in [0.29, 0.717) is 28.9 Å². The van der Waals surface area contributed by atoms with Crippen molar-refractivity contribution in [3.05, 3.63) is 76.9 Å². The van der Waals surface area contributed by atoms with Crippen LogP contribution in [0.25, 0.3) is 33.6 Å². The monoisotopic (exact) mass is 922 g/mol. The van der Waals surface area contributed by atoms with Crippen molar-refractivity contribution in [2.75, 3.05) is 13.2 Å². The van der Waals surface area contributed by atoms with Crippen LogP contribution < -0.4 is 9.46 Å². The molecule has 5 aromatic rings. The quantitative estimate of drug-likeness (QED) is 0.0824. The number of amides is 2. The zero-order chi connectivity index (χ0) is 45.9. The minimum Gasteiger partial charge on any atom is -0.470 e. The number of sulfonamides is 1. The fourth-order valence-electron chi connectivity index (χ4n) is 8.20. The number of benzene rings is 1. The molecule has 1 saturated heterocycles. The number of ketones is 1. The normalized spacial score (nSPS) is 21.7. The number of nitrogens with zero attached hydrogens (tertiary/aromatic N) is 5. The molecule has 1 aliphatic heterocycles. The van der Waals surface area contributed by atoms with Gasteiger partial charge in [-0.3, -0.25) is 24.1 Å². The first kappa shape index (κ1) is 44.8. The maximum Gasteiger partial charge on any atom is 0.416 e. The second-order valence-corrected chi connectivity index (χ2v) is 20.4. The molecule has 1 aromatic carbocycles. The number of carbonyl (C=O) groups excluding carboxylic acids is 4. The van der Waals surface area contributed by atoms with E-state index in [-0.39, 0.29) is 66.5 Å². The Morgan fingerprint density at radius 1 is 1.08 bits per heavy atom. The van der Waals surface area contributed by atoms with E-state index in [0.717, 1.165) is 12.1 Å². The van der Waals surface area contributed by atoms with E-state index in [1.807, 2.05) is 20.8 Å². The molecular weight excluding hydrogens is 878 g/mol. The Morgan fingerprint density at radius 2 is 1.81 bits per heavy atom. The number of carbonyl (C=O) groups is 4. The van der Waals surface area contributed by atoms with Gasteiger partial charge in [-0.2, -0.15) is 18.2 Å². The van der Waals surface area contributed by atoms with Crippen molar-refractivity contribution in [3.8, 4) is 17.3 Å². The van der Waals surface area contributed by atoms with Crippen molar-refractivity contribution in [1.29, 1.82) is 0 Å². The Morgan fingerprint density at radius 3 is 2.45 bits per heavy atom. The molecule has 2 saturated carbocycles. The van der Waals surface area contributed by atoms with E-state index < -0.39 is 91.8 Å². The number of aromatic nitrogens is 4. The Hall–Kier alpha value is -5.76. The fraction of sp³-hybridized carbons (Fsp3) is 0.455. The van der Waals surface area contributed by atoms with Gasteiger partial charge < -0.3 is 18.8 Å². The molecular formula is C44H45F3N6O9S2. The highest BCUT2D eigenvalue weighted by molar-refractivity contribution is 7.90. The minimum atomic E-state index is -4.58. The second-order valence-electron chi connectivity index (χ2n) is 17.5. The van der Waals surface area contributed by atoms with Gasteiger partial charge in [0, 0.05) is 42.3 Å². The molecule has 5 heterocycles. The van der Waals surface area contributed by atoms with Crippen LogP contribution in [0.15, 0.2) is 65.0 Å². The van der Waals surface area contributed by atoms with Crippen LogP contribution >= 0.6 is 11.3 Å². The topological polar surface area (TPSA) is 201 Å². The van der Waals surface area contributed by atoms with Crippen molar-refractivity contribution in [1.82, 2.24) is 29.6 Å². The number of furan rings is 1. The van der Waals surface area contributed by atoms with Gasteiger partial charge in [0.1, 0.15) is 17.1 Å². The summed E-state index contributed by atoms with van der Waals surface area (Å²) in [6.45, 7) is 11.1. The molecule has 8 rings (SSSR count). The number of rotatable bonds is 15. The smallest absolute Gasteiger partial charge is 0.416 e. The zero-order valence-electron chi connectivity index (χ0n) is 35.3. The van der Waals surface area contributed by atoms with Gasteiger partial charge in [0.15, 0.2) is 22.9 Å². The highest BCUT2D eigenvalue weighted by Crippen LogP contribution is 2.57. The Labute approximate surface area is 369 Å². The lowest BCUT2D eigenvalue weighted by Gasteiger charge is -2.35. The lowest BCUT2D eigenvalue weighted by molar-refractivity contribution is -0.144. The summed E-state index contributed by atoms with van der Waals surface area (Å²) in [5.41, 5.74) is -1.69. The summed E-state index contributed by atoms with van der Waals surface area (Å²) >= 11 is 1.19. The highest BCUT2D eigenvalue weighted by atomic mass is 32.2. The first-order valence-corrected chi connectivity index (χ1v) is 23.2. The third-order valence-corrected chi connectivity index (χ3v) is 14.7. The molecule has 5 atom stereocenters. The highest BCUT2D eigenvalue weighted by Gasteiger charge is 2.61. The standard InChI is InChI=1S/C44H45F3N6O9S2/c1-6-24-19-43(24,41(57)52-64(58,59)27-14-15-27)20-31(54)30-17-26(21-53(30)39(55)28(42(3,4)5)18-33-49-29(22-63-33)40(56)60-7-2)61-38-36-35(34-32(62-36)9-8-16-48-34)50-37(51-38)23-10-12-25(13-11-23)44(45,46)47/h6,8-13,16,22,24,26-28,30H,1,7,14-15,17-21H2,2-5H3,(H,52,57)/t24-,26-,28-,30+,43-/m1/s1. The number of hydrogen-bond acceptors (Lipinski definition) is 14. The molecule has 15 nitrogen and oxygen atoms in total. The van der Waals surface area contributed by atoms with E-state index in [2.05, 4.69) is 31.2 Å². The number of halogens is 3. The number of alkyl halides is 3. The third-order valence-electron chi connectivity index (χ3n) is 12.0. The average molecular weight is 923 g/mol. The molecule has 0 unspecified atom stereocenters. The Bertz CT molecular complexity index is 2780. The van der Waals surface area contributed by atoms with E-state index >= 15 is 4.79 Å². The van der Waals surface area contributed by atoms with Crippen LogP contribution in [0, 0.1) is 22.7 Å². The summed E-state index contributed by atoms with van der Waals surface area (Å²) in [5, 5.41) is 1.36. The maximum atomic E-state index is 15.0. The molecule has 0 radical (unpaired) electrons. The van der Waals surface area contributed by atoms with Crippen LogP contribution in [0.5, 0.6) is 5.88 Å². The molecule has 1 N–H and O–H groups in total. The van der Waals surface area contributed by atoms with Gasteiger partial charge in [-0.05, 0) is 61.8 Å². The number of pyridine rings is 1. The second kappa shape index (κ2) is 16.7. The molecule has 3 fully saturated rings. The maximum absolute atomic E-state index is 15.0. The molecule has 0 bridgehead atoms. The molecule has 2 aliphatic carbocycles. The molecule has 338 valence electrons. The number of allylic oxidation sites excluding steroid dienone is 1. The predicted octanol–water partition coefficient (Wildman–Crippen LogP) is 7.10. The molecule has 2 amide bonds. The Kier molecular flexibility index (Phi) is 11.7. The summed E-state index contributed by atoms with van der Waals surface area (Å²) in [7, 11) is -3.95. The zero-order valence-corrected chi connectivity index (χ0v) is 36.9. The van der Waals surface area contributed by atoms with Crippen LogP contribution in [0.4, 0.5) is 13.2 Å². The number of thiazole rings is 1. The van der Waals surface area contributed by atoms with Crippen LogP contribution in [-0.4, -0.2) is 87.4 Å². The van der Waals surface area contributed by atoms with E-state index in [1.165, 1.54) is 40.6 Å². The van der Waals surface area contributed by atoms with Crippen LogP contribution in [0.1, 0.15) is 80.9 Å². The molecule has 3 aliphatic rings. The van der Waals surface area contributed by atoms with Crippen molar-refractivity contribution < 1.29 is 54.7 Å². The number of fused-ring (bicyclic) bond motifs is 3. The molecule has 4 aromatic heterocycles. The minimum absolute atomic E-state index is 0.000120. The largest absolute Gasteiger partial charge is 0.470 e. The number of ether oxygens (including phenoxy) is 2. The Balaban J connectivity index is 1.15.